The van der Waals surface area contributed by atoms with Crippen LogP contribution >= 0.6 is 0 Å². The molecule has 0 bridgehead atoms. The summed E-state index contributed by atoms with van der Waals surface area (Å²) in [5.41, 5.74) is 3.51. The average Bonchev–Trinajstić information content (AvgIpc) is 2.90. The summed E-state index contributed by atoms with van der Waals surface area (Å²) in [5, 5.41) is 3.75. The second kappa shape index (κ2) is 3.99. The number of fused-ring (bicyclic) bond motifs is 2. The minimum atomic E-state index is 1.13. The van der Waals surface area contributed by atoms with E-state index >= 15 is 0 Å². The van der Waals surface area contributed by atoms with Crippen molar-refractivity contribution in [3.05, 3.63) is 72.9 Å². The van der Waals surface area contributed by atoms with Crippen molar-refractivity contribution in [3.63, 3.8) is 0 Å². The Morgan fingerprint density at radius 3 is 2.37 bits per heavy atom. The minimum Gasteiger partial charge on any atom is -0.353 e. The number of nitrogens with one attached hydrogen (secondary N) is 1. The molecule has 0 aliphatic rings. The summed E-state index contributed by atoms with van der Waals surface area (Å²) in [6, 6.07) is 23.2. The third-order valence-electron chi connectivity index (χ3n) is 3.58. The van der Waals surface area contributed by atoms with Crippen molar-refractivity contribution >= 4 is 21.7 Å². The van der Waals surface area contributed by atoms with E-state index in [-0.39, 0.29) is 0 Å². The summed E-state index contributed by atoms with van der Waals surface area (Å²) in [5.74, 6) is 0. The van der Waals surface area contributed by atoms with Gasteiger partial charge in [0, 0.05) is 16.5 Å². The number of hydrogen-bond donors (Lipinski definition) is 1. The molecule has 89 valence electrons. The van der Waals surface area contributed by atoms with E-state index in [2.05, 4.69) is 71.8 Å². The molecule has 0 fully saturated rings. The van der Waals surface area contributed by atoms with Crippen LogP contribution in [0.1, 0.15) is 0 Å². The fraction of sp³-hybridized carbons (Fsp3) is 0. The normalized spacial score (nSPS) is 11.2. The third-order valence-corrected chi connectivity index (χ3v) is 3.58. The van der Waals surface area contributed by atoms with Gasteiger partial charge in [0.05, 0.1) is 6.20 Å². The van der Waals surface area contributed by atoms with Gasteiger partial charge in [-0.1, -0.05) is 60.7 Å². The van der Waals surface area contributed by atoms with E-state index in [0.29, 0.717) is 0 Å². The van der Waals surface area contributed by atoms with Crippen LogP contribution in [0.4, 0.5) is 0 Å². The van der Waals surface area contributed by atoms with Crippen LogP contribution in [0.15, 0.2) is 66.7 Å². The lowest BCUT2D eigenvalue weighted by Gasteiger charge is -2.05. The van der Waals surface area contributed by atoms with Crippen LogP contribution < -0.4 is 0 Å². The lowest BCUT2D eigenvalue weighted by molar-refractivity contribution is 1.46. The van der Waals surface area contributed by atoms with Crippen LogP contribution in [0.2, 0.25) is 0 Å². The van der Waals surface area contributed by atoms with Gasteiger partial charge in [0.1, 0.15) is 0 Å². The fourth-order valence-electron chi connectivity index (χ4n) is 2.66. The number of aromatic nitrogens is 1. The molecule has 0 saturated carbocycles. The van der Waals surface area contributed by atoms with Crippen LogP contribution in [0.3, 0.4) is 0 Å². The zero-order valence-corrected chi connectivity index (χ0v) is 10.4. The summed E-state index contributed by atoms with van der Waals surface area (Å²) in [7, 11) is 0. The first-order valence-corrected chi connectivity index (χ1v) is 6.40. The molecule has 1 N–H and O–H groups in total. The topological polar surface area (TPSA) is 15.8 Å². The highest BCUT2D eigenvalue weighted by Crippen LogP contribution is 2.33. The average molecular weight is 242 g/mol. The maximum Gasteiger partial charge on any atom is 0.0717 e. The lowest BCUT2D eigenvalue weighted by Crippen LogP contribution is -1.79. The number of aromatic amines is 1. The second-order valence-corrected chi connectivity index (χ2v) is 4.70. The second-order valence-electron chi connectivity index (χ2n) is 4.70. The molecule has 0 aliphatic carbocycles. The van der Waals surface area contributed by atoms with E-state index < -0.39 is 0 Å². The highest BCUT2D eigenvalue weighted by Gasteiger charge is 2.08. The van der Waals surface area contributed by atoms with Crippen LogP contribution in [-0.4, -0.2) is 4.98 Å². The Morgan fingerprint density at radius 1 is 0.684 bits per heavy atom. The monoisotopic (exact) mass is 242 g/mol. The van der Waals surface area contributed by atoms with Crippen LogP contribution in [-0.2, 0) is 0 Å². The zero-order chi connectivity index (χ0) is 12.7. The molecule has 4 rings (SSSR count). The summed E-state index contributed by atoms with van der Waals surface area (Å²) in [4.78, 5) is 3.23. The number of benzene rings is 3. The molecule has 0 saturated heterocycles. The van der Waals surface area contributed by atoms with E-state index in [9.17, 15) is 0 Å². The molecule has 0 spiro atoms. The molecule has 1 nitrogen and oxygen atoms in total. The molecule has 4 aromatic rings. The molecule has 1 radical (unpaired) electrons. The summed E-state index contributed by atoms with van der Waals surface area (Å²) < 4.78 is 0. The molecule has 1 heteroatoms. The molecule has 0 unspecified atom stereocenters. The Hall–Kier alpha value is -2.54. The van der Waals surface area contributed by atoms with Gasteiger partial charge in [0.15, 0.2) is 0 Å². The lowest BCUT2D eigenvalue weighted by atomic mass is 9.98. The van der Waals surface area contributed by atoms with Gasteiger partial charge in [-0.3, -0.25) is 0 Å². The van der Waals surface area contributed by atoms with Crippen LogP contribution in [0.25, 0.3) is 32.8 Å². The van der Waals surface area contributed by atoms with Gasteiger partial charge >= 0.3 is 0 Å². The maximum absolute atomic E-state index is 3.30. The van der Waals surface area contributed by atoms with Crippen LogP contribution in [0, 0.1) is 6.20 Å². The predicted molar refractivity (Wildman–Crippen MR) is 80.1 cm³/mol. The number of hydrogen-bond acceptors (Lipinski definition) is 0. The van der Waals surface area contributed by atoms with Crippen molar-refractivity contribution < 1.29 is 0 Å². The molecule has 0 atom stereocenters. The standard InChI is InChI=1S/C18H12N/c1-2-8-14-13(6-1)7-5-10-15(14)17-12-19-18-11-4-3-9-16(17)18/h1-11,19H. The molecule has 0 amide bonds. The Labute approximate surface area is 111 Å². The molecule has 19 heavy (non-hydrogen) atoms. The van der Waals surface area contributed by atoms with Crippen molar-refractivity contribution in [3.8, 4) is 11.1 Å². The largest absolute Gasteiger partial charge is 0.353 e. The van der Waals surface area contributed by atoms with Gasteiger partial charge in [-0.15, -0.1) is 0 Å². The highest BCUT2D eigenvalue weighted by atomic mass is 14.7. The molecule has 0 aliphatic heterocycles. The van der Waals surface area contributed by atoms with Crippen LogP contribution in [0.5, 0.6) is 0 Å². The van der Waals surface area contributed by atoms with Gasteiger partial charge in [-0.2, -0.15) is 0 Å². The third kappa shape index (κ3) is 1.55. The summed E-state index contributed by atoms with van der Waals surface area (Å²) in [6.07, 6.45) is 3.30. The smallest absolute Gasteiger partial charge is 0.0717 e. The summed E-state index contributed by atoms with van der Waals surface area (Å²) >= 11 is 0. The van der Waals surface area contributed by atoms with Crippen molar-refractivity contribution in [1.82, 2.24) is 4.98 Å². The molecular weight excluding hydrogens is 230 g/mol. The van der Waals surface area contributed by atoms with Crippen molar-refractivity contribution in [1.29, 1.82) is 0 Å². The van der Waals surface area contributed by atoms with Gasteiger partial charge in [0.2, 0.25) is 0 Å². The Kier molecular flexibility index (Phi) is 2.18. The molecule has 1 aromatic heterocycles. The number of rotatable bonds is 1. The van der Waals surface area contributed by atoms with Crippen molar-refractivity contribution in [2.45, 2.75) is 0 Å². The fourth-order valence-corrected chi connectivity index (χ4v) is 2.66. The van der Waals surface area contributed by atoms with Crippen molar-refractivity contribution in [2.24, 2.45) is 0 Å². The number of H-pyrrole nitrogens is 1. The Bertz CT molecular complexity index is 866. The van der Waals surface area contributed by atoms with E-state index in [0.717, 1.165) is 11.1 Å². The van der Waals surface area contributed by atoms with Crippen molar-refractivity contribution in [2.75, 3.05) is 0 Å². The number of para-hydroxylation sites is 1. The van der Waals surface area contributed by atoms with Gasteiger partial charge in [-0.25, -0.2) is 0 Å². The quantitative estimate of drug-likeness (QED) is 0.494. The minimum absolute atomic E-state index is 1.13. The van der Waals surface area contributed by atoms with E-state index in [1.165, 1.54) is 21.7 Å². The summed E-state index contributed by atoms with van der Waals surface area (Å²) in [6.45, 7) is 0. The van der Waals surface area contributed by atoms with E-state index in [1.807, 2.05) is 6.07 Å². The van der Waals surface area contributed by atoms with E-state index in [1.54, 1.807) is 0 Å². The van der Waals surface area contributed by atoms with Gasteiger partial charge < -0.3 is 4.98 Å². The van der Waals surface area contributed by atoms with E-state index in [4.69, 9.17) is 0 Å². The highest BCUT2D eigenvalue weighted by molar-refractivity contribution is 6.04. The first-order valence-electron chi connectivity index (χ1n) is 6.40. The predicted octanol–water partition coefficient (Wildman–Crippen LogP) is 4.79. The molecule has 3 aromatic carbocycles. The maximum atomic E-state index is 3.30. The zero-order valence-electron chi connectivity index (χ0n) is 10.4. The first kappa shape index (κ1) is 10.4. The Morgan fingerprint density at radius 2 is 1.42 bits per heavy atom. The molecular formula is C18H12N. The van der Waals surface area contributed by atoms with Gasteiger partial charge in [0.25, 0.3) is 0 Å². The molecule has 1 heterocycles. The SMILES string of the molecule is [c]1[nH]c2ccccc2c1-c1cccc2ccccc12. The first-order chi connectivity index (χ1) is 9.43. The van der Waals surface area contributed by atoms with Gasteiger partial charge in [-0.05, 0) is 22.4 Å². The Balaban J connectivity index is 2.10.